The molecular weight excluding hydrogens is 1710 g/mol. The molecule has 0 aliphatic heterocycles. The summed E-state index contributed by atoms with van der Waals surface area (Å²) in [5, 5.41) is 14.3. The minimum atomic E-state index is 0.894. The molecule has 0 saturated carbocycles. The van der Waals surface area contributed by atoms with E-state index in [0.29, 0.717) is 0 Å². The minimum absolute atomic E-state index is 0.894. The number of hydrogen-bond donors (Lipinski definition) is 0. The molecule has 28 aromatic rings. The number of hydrogen-bond acceptors (Lipinski definition) is 12. The molecule has 0 amide bonds. The molecule has 0 fully saturated rings. The van der Waals surface area contributed by atoms with Crippen LogP contribution in [0.2, 0.25) is 0 Å². The Morgan fingerprint density at radius 3 is 0.921 bits per heavy atom. The second-order valence-corrected chi connectivity index (χ2v) is 38.7. The fraction of sp³-hybridized carbons (Fsp3) is 0.0645. The third-order valence-corrected chi connectivity index (χ3v) is 31.8. The average Bonchev–Trinajstić information content (AvgIpc) is 1.55. The van der Waals surface area contributed by atoms with Gasteiger partial charge in [-0.15, -0.1) is 0 Å². The van der Waals surface area contributed by atoms with E-state index in [-0.39, 0.29) is 0 Å². The first-order chi connectivity index (χ1) is 69.4. The molecule has 0 N–H and O–H groups in total. The molecule has 0 bridgehead atoms. The summed E-state index contributed by atoms with van der Waals surface area (Å²) >= 11 is 0. The molecule has 16 aromatic heterocycles. The van der Waals surface area contributed by atoms with Crippen LogP contribution in [0.15, 0.2) is 341 Å². The Bertz CT molecular complexity index is 10300. The first-order valence-corrected chi connectivity index (χ1v) is 48.2. The van der Waals surface area contributed by atoms with Crippen LogP contribution >= 0.6 is 0 Å². The number of benzene rings is 12. The predicted octanol–water partition coefficient (Wildman–Crippen LogP) is 26.9. The summed E-state index contributed by atoms with van der Waals surface area (Å²) in [5.41, 5.74) is 60.0. The monoisotopic (exact) mass is 1780 g/mol. The van der Waals surface area contributed by atoms with Crippen LogP contribution in [-0.2, 0) is 51.4 Å². The van der Waals surface area contributed by atoms with Crippen LogP contribution in [0.3, 0.4) is 0 Å². The number of pyridine rings is 12. The van der Waals surface area contributed by atoms with Crippen molar-refractivity contribution in [3.63, 3.8) is 0 Å². The molecule has 0 unspecified atom stereocenters. The van der Waals surface area contributed by atoms with Crippen LogP contribution in [0.5, 0.6) is 0 Å². The maximum absolute atomic E-state index is 5.11. The summed E-state index contributed by atoms with van der Waals surface area (Å²) in [4.78, 5) is 57.0. The second-order valence-electron chi connectivity index (χ2n) is 38.7. The summed E-state index contributed by atoms with van der Waals surface area (Å²) in [6, 6.07) is 97.8. The minimum Gasteiger partial charge on any atom is -0.276 e. The van der Waals surface area contributed by atoms with Crippen molar-refractivity contribution >= 4 is 154 Å². The van der Waals surface area contributed by atoms with E-state index in [9.17, 15) is 0 Å². The van der Waals surface area contributed by atoms with Gasteiger partial charge in [-0.05, 0) is 342 Å². The first-order valence-electron chi connectivity index (χ1n) is 48.2. The summed E-state index contributed by atoms with van der Waals surface area (Å²) < 4.78 is 8.87. The third kappa shape index (κ3) is 10.2. The van der Waals surface area contributed by atoms with Crippen molar-refractivity contribution in [3.8, 4) is 89.0 Å². The van der Waals surface area contributed by atoms with Gasteiger partial charge >= 0.3 is 0 Å². The van der Waals surface area contributed by atoms with E-state index in [1.165, 1.54) is 221 Å². The Labute approximate surface area is 796 Å². The lowest BCUT2D eigenvalue weighted by Gasteiger charge is -2.13. The van der Waals surface area contributed by atoms with Crippen LogP contribution in [0.1, 0.15) is 89.0 Å². The zero-order chi connectivity index (χ0) is 90.7. The van der Waals surface area contributed by atoms with Crippen molar-refractivity contribution in [1.29, 1.82) is 0 Å². The van der Waals surface area contributed by atoms with Gasteiger partial charge in [-0.2, -0.15) is 0 Å². The number of aromatic nitrogens is 16. The number of rotatable bonds is 0. The van der Waals surface area contributed by atoms with E-state index in [1.54, 1.807) is 0 Å². The number of fused-ring (bicyclic) bond motifs is 62. The van der Waals surface area contributed by atoms with E-state index in [1.807, 2.05) is 123 Å². The van der Waals surface area contributed by atoms with Crippen LogP contribution < -0.4 is 0 Å². The van der Waals surface area contributed by atoms with Gasteiger partial charge in [-0.3, -0.25) is 37.5 Å². The molecule has 8 aliphatic rings. The molecule has 16 nitrogen and oxygen atoms in total. The Balaban J connectivity index is 0.0000000829. The van der Waals surface area contributed by atoms with Crippen molar-refractivity contribution in [2.45, 2.75) is 51.4 Å². The zero-order valence-electron chi connectivity index (χ0n) is 75.1. The van der Waals surface area contributed by atoms with Gasteiger partial charge in [0.2, 0.25) is 0 Å². The standard InChI is InChI=1S/4C31H18N4/c1-2-5-20-17(4-1)14-18-7-10-22-24(27(18)20)15-19-8-9-21-23-6-3-12-33-30(23)35-26-11-13-32-16-25(26)34-31(35)29(21)28(19)22;1-2-5-19-17(4-1)14-24-20(19)9-10-22-25(24)15-18-7-8-21-23-6-3-12-33-30(23)35-27-11-13-32-16-26(27)34-31(35)29(21)28(18)22;1-2-5-21-17(4-1)12-19-15-25-20(14-24(19)21)13-18-7-8-22-23-6-3-10-33-30(23)35-27-9-11-32-16-26(27)34-31(35)29(22)28(18)25;1-2-5-21-17(4-1)12-19-14-20-13-18-7-8-22-23-6-3-10-33-30(23)35-27-9-11-32-16-26(27)34-31(35)29(22)28(18)25(20)15-24(19)21/h2*1-13,16H,14-15H2;2*1-11,14-16H,12-13H2. The lowest BCUT2D eigenvalue weighted by atomic mass is 9.94. The fourth-order valence-electron chi connectivity index (χ4n) is 26.1. The summed E-state index contributed by atoms with van der Waals surface area (Å²) in [6.07, 6.45) is 30.1. The van der Waals surface area contributed by atoms with Crippen molar-refractivity contribution in [3.05, 3.63) is 430 Å². The van der Waals surface area contributed by atoms with Crippen LogP contribution in [0.4, 0.5) is 0 Å². The molecule has 0 radical (unpaired) electrons. The van der Waals surface area contributed by atoms with Crippen LogP contribution in [-0.4, -0.2) is 77.4 Å². The zero-order valence-corrected chi connectivity index (χ0v) is 75.1. The van der Waals surface area contributed by atoms with Crippen LogP contribution in [0, 0.1) is 0 Å². The topological polar surface area (TPSA) is 172 Å². The highest BCUT2D eigenvalue weighted by Gasteiger charge is 2.37. The predicted molar refractivity (Wildman–Crippen MR) is 559 cm³/mol. The highest BCUT2D eigenvalue weighted by Crippen LogP contribution is 2.57. The third-order valence-electron chi connectivity index (χ3n) is 31.8. The lowest BCUT2D eigenvalue weighted by Crippen LogP contribution is -1.96. The summed E-state index contributed by atoms with van der Waals surface area (Å²) in [5.74, 6) is 0. The van der Waals surface area contributed by atoms with Crippen LogP contribution in [0.25, 0.3) is 243 Å². The van der Waals surface area contributed by atoms with E-state index in [0.717, 1.165) is 162 Å². The molecule has 0 atom stereocenters. The van der Waals surface area contributed by atoms with Gasteiger partial charge in [0.15, 0.2) is 0 Å². The van der Waals surface area contributed by atoms with Gasteiger partial charge in [0.05, 0.1) is 46.9 Å². The maximum atomic E-state index is 5.11. The highest BCUT2D eigenvalue weighted by molar-refractivity contribution is 6.24. The van der Waals surface area contributed by atoms with E-state index >= 15 is 0 Å². The van der Waals surface area contributed by atoms with Gasteiger partial charge in [-0.25, -0.2) is 39.9 Å². The van der Waals surface area contributed by atoms with Gasteiger partial charge in [0.1, 0.15) is 67.2 Å². The Hall–Kier alpha value is -18.3. The van der Waals surface area contributed by atoms with Gasteiger partial charge in [0.25, 0.3) is 0 Å². The lowest BCUT2D eigenvalue weighted by molar-refractivity contribution is 1.16. The Morgan fingerprint density at radius 1 is 0.171 bits per heavy atom. The molecule has 140 heavy (non-hydrogen) atoms. The molecule has 0 spiro atoms. The Morgan fingerprint density at radius 2 is 0.464 bits per heavy atom. The summed E-state index contributed by atoms with van der Waals surface area (Å²) in [7, 11) is 0. The van der Waals surface area contributed by atoms with Crippen molar-refractivity contribution in [2.24, 2.45) is 0 Å². The number of imidazole rings is 4. The molecule has 648 valence electrons. The maximum Gasteiger partial charge on any atom is 0.148 e. The molecule has 12 aromatic carbocycles. The van der Waals surface area contributed by atoms with Gasteiger partial charge in [-0.1, -0.05) is 176 Å². The molecule has 8 aliphatic carbocycles. The second kappa shape index (κ2) is 27.7. The Kier molecular flexibility index (Phi) is 14.9. The smallest absolute Gasteiger partial charge is 0.148 e. The van der Waals surface area contributed by atoms with Gasteiger partial charge < -0.3 is 0 Å². The fourth-order valence-corrected chi connectivity index (χ4v) is 26.1. The van der Waals surface area contributed by atoms with E-state index in [4.69, 9.17) is 39.9 Å². The van der Waals surface area contributed by atoms with E-state index in [2.05, 4.69) is 256 Å². The first kappa shape index (κ1) is 75.1. The van der Waals surface area contributed by atoms with Crippen molar-refractivity contribution < 1.29 is 0 Å². The molecule has 16 heterocycles. The molecule has 0 saturated heterocycles. The van der Waals surface area contributed by atoms with Crippen molar-refractivity contribution in [2.75, 3.05) is 0 Å². The van der Waals surface area contributed by atoms with Gasteiger partial charge in [0, 0.05) is 92.7 Å². The quantitative estimate of drug-likeness (QED) is 0.132. The van der Waals surface area contributed by atoms with E-state index < -0.39 is 0 Å². The largest absolute Gasteiger partial charge is 0.276 e. The highest BCUT2D eigenvalue weighted by atomic mass is 15.1. The molecular formula is C124H72N16. The molecule has 16 heteroatoms. The molecule has 36 rings (SSSR count). The normalized spacial score (nSPS) is 13.5. The van der Waals surface area contributed by atoms with Crippen molar-refractivity contribution in [1.82, 2.24) is 77.4 Å². The number of nitrogens with zero attached hydrogens (tertiary/aromatic N) is 16. The average molecular weight is 1790 g/mol. The SMILES string of the molecule is c1ccc2c(c1)Cc1c-2ccc2c1Cc1ccc3c4cccnc4n4c5ccncc5nc4c3c1-2.c1ccc2c(c1)Cc1cc3c(cc1-2)-c1c(ccc2c4cccnc4n4c5ccncc5nc4c12)C3.c1ccc2c(c1)Cc1cc3c(cc1-2)Cc1ccc2c4cccnc4n4c5ccncc5nc4c2c1-3.c1ccc2c(c1)Cc1ccc3c(c1-2)Cc1ccc2c4cccnc4n4c5ccncc5nc4c2c1-3. The summed E-state index contributed by atoms with van der Waals surface area (Å²) in [6.45, 7) is 0.